The first-order valence-corrected chi connectivity index (χ1v) is 6.75. The third-order valence-corrected chi connectivity index (χ3v) is 3.73. The molecule has 0 unspecified atom stereocenters. The first-order chi connectivity index (χ1) is 9.24. The summed E-state index contributed by atoms with van der Waals surface area (Å²) in [7, 11) is 1.66. The van der Waals surface area contributed by atoms with Crippen LogP contribution in [-0.2, 0) is 6.42 Å². The smallest absolute Gasteiger partial charge is 0.127 e. The molecule has 0 bridgehead atoms. The Labute approximate surface area is 116 Å². The monoisotopic (exact) mass is 273 g/mol. The number of hydrogen-bond donors (Lipinski definition) is 1. The van der Waals surface area contributed by atoms with Crippen LogP contribution in [0, 0.1) is 18.3 Å². The van der Waals surface area contributed by atoms with Crippen LogP contribution in [0.25, 0.3) is 0 Å². The number of nitrogens with zero attached hydrogens (tertiary/aromatic N) is 2. The zero-order valence-corrected chi connectivity index (χ0v) is 11.8. The zero-order chi connectivity index (χ0) is 13.7. The van der Waals surface area contributed by atoms with Crippen LogP contribution in [0.3, 0.4) is 0 Å². The molecular weight excluding hydrogens is 258 g/mol. The molecule has 2 rings (SSSR count). The van der Waals surface area contributed by atoms with Gasteiger partial charge in [0, 0.05) is 6.54 Å². The molecule has 0 amide bonds. The number of aryl methyl sites for hydroxylation is 1. The highest BCUT2D eigenvalue weighted by Crippen LogP contribution is 2.23. The molecule has 0 aliphatic rings. The van der Waals surface area contributed by atoms with Gasteiger partial charge in [0.05, 0.1) is 12.8 Å². The summed E-state index contributed by atoms with van der Waals surface area (Å²) in [4.78, 5) is 0. The minimum atomic E-state index is 0.653. The first-order valence-electron chi connectivity index (χ1n) is 5.97. The third kappa shape index (κ3) is 3.24. The molecule has 98 valence electrons. The highest BCUT2D eigenvalue weighted by Gasteiger charge is 2.08. The number of nitrogens with one attached hydrogen (secondary N) is 1. The quantitative estimate of drug-likeness (QED) is 0.910. The second-order valence-electron chi connectivity index (χ2n) is 4.11. The van der Waals surface area contributed by atoms with Crippen LogP contribution in [-0.4, -0.2) is 18.0 Å². The van der Waals surface area contributed by atoms with E-state index in [2.05, 4.69) is 15.8 Å². The number of anilines is 1. The Balaban J connectivity index is 1.91. The van der Waals surface area contributed by atoms with Gasteiger partial charge in [0.1, 0.15) is 22.4 Å². The SMILES string of the molecule is COc1ccc(CCNc2snc(C)c2C#N)cc1. The van der Waals surface area contributed by atoms with E-state index >= 15 is 0 Å². The van der Waals surface area contributed by atoms with Gasteiger partial charge >= 0.3 is 0 Å². The molecule has 0 saturated heterocycles. The van der Waals surface area contributed by atoms with Crippen molar-refractivity contribution in [2.75, 3.05) is 19.0 Å². The normalized spacial score (nSPS) is 9.95. The number of benzene rings is 1. The summed E-state index contributed by atoms with van der Waals surface area (Å²) in [5, 5.41) is 13.1. The lowest BCUT2D eigenvalue weighted by atomic mass is 10.1. The van der Waals surface area contributed by atoms with Gasteiger partial charge in [-0.1, -0.05) is 12.1 Å². The van der Waals surface area contributed by atoms with Crippen molar-refractivity contribution in [2.45, 2.75) is 13.3 Å². The molecule has 4 nitrogen and oxygen atoms in total. The molecule has 1 aromatic heterocycles. The van der Waals surface area contributed by atoms with Crippen molar-refractivity contribution < 1.29 is 4.74 Å². The van der Waals surface area contributed by atoms with Crippen LogP contribution in [0.2, 0.25) is 0 Å². The fraction of sp³-hybridized carbons (Fsp3) is 0.286. The Morgan fingerprint density at radius 2 is 2.11 bits per heavy atom. The Bertz CT molecular complexity index is 584. The van der Waals surface area contributed by atoms with Crippen molar-refractivity contribution in [3.63, 3.8) is 0 Å². The minimum absolute atomic E-state index is 0.653. The topological polar surface area (TPSA) is 57.9 Å². The fourth-order valence-electron chi connectivity index (χ4n) is 1.73. The maximum atomic E-state index is 9.02. The van der Waals surface area contributed by atoms with Crippen molar-refractivity contribution in [1.29, 1.82) is 5.26 Å². The van der Waals surface area contributed by atoms with E-state index in [-0.39, 0.29) is 0 Å². The summed E-state index contributed by atoms with van der Waals surface area (Å²) in [5.41, 5.74) is 2.67. The Morgan fingerprint density at radius 3 is 2.74 bits per heavy atom. The Hall–Kier alpha value is -2.06. The van der Waals surface area contributed by atoms with Gasteiger partial charge in [0.25, 0.3) is 0 Å². The van der Waals surface area contributed by atoms with Gasteiger partial charge in [0.2, 0.25) is 0 Å². The largest absolute Gasteiger partial charge is 0.497 e. The lowest BCUT2D eigenvalue weighted by Crippen LogP contribution is -2.04. The average molecular weight is 273 g/mol. The molecule has 19 heavy (non-hydrogen) atoms. The Morgan fingerprint density at radius 1 is 1.37 bits per heavy atom. The van der Waals surface area contributed by atoms with E-state index in [4.69, 9.17) is 10.00 Å². The van der Waals surface area contributed by atoms with Crippen LogP contribution in [0.15, 0.2) is 24.3 Å². The maximum absolute atomic E-state index is 9.02. The zero-order valence-electron chi connectivity index (χ0n) is 10.9. The number of methoxy groups -OCH3 is 1. The average Bonchev–Trinajstić information content (AvgIpc) is 2.80. The third-order valence-electron chi connectivity index (χ3n) is 2.83. The van der Waals surface area contributed by atoms with E-state index in [0.717, 1.165) is 29.4 Å². The van der Waals surface area contributed by atoms with Gasteiger partial charge in [-0.25, -0.2) is 0 Å². The fourth-order valence-corrected chi connectivity index (χ4v) is 2.51. The van der Waals surface area contributed by atoms with E-state index in [9.17, 15) is 0 Å². The first kappa shape index (κ1) is 13.4. The molecule has 0 spiro atoms. The summed E-state index contributed by atoms with van der Waals surface area (Å²) in [6, 6.07) is 10.2. The molecule has 1 N–H and O–H groups in total. The van der Waals surface area contributed by atoms with Crippen LogP contribution in [0.1, 0.15) is 16.8 Å². The van der Waals surface area contributed by atoms with E-state index in [1.54, 1.807) is 7.11 Å². The molecule has 0 aliphatic heterocycles. The number of ether oxygens (including phenoxy) is 1. The molecular formula is C14H15N3OS. The van der Waals surface area contributed by atoms with Crippen LogP contribution < -0.4 is 10.1 Å². The van der Waals surface area contributed by atoms with Crippen molar-refractivity contribution >= 4 is 16.5 Å². The lowest BCUT2D eigenvalue weighted by molar-refractivity contribution is 0.414. The van der Waals surface area contributed by atoms with Crippen LogP contribution >= 0.6 is 11.5 Å². The second-order valence-corrected chi connectivity index (χ2v) is 4.88. The van der Waals surface area contributed by atoms with Gasteiger partial charge in [-0.3, -0.25) is 0 Å². The summed E-state index contributed by atoms with van der Waals surface area (Å²) in [6.45, 7) is 2.63. The van der Waals surface area contributed by atoms with Gasteiger partial charge in [-0.15, -0.1) is 0 Å². The molecule has 0 radical (unpaired) electrons. The van der Waals surface area contributed by atoms with Crippen molar-refractivity contribution in [3.8, 4) is 11.8 Å². The summed E-state index contributed by atoms with van der Waals surface area (Å²) >= 11 is 1.34. The molecule has 0 atom stereocenters. The van der Waals surface area contributed by atoms with E-state index in [1.807, 2.05) is 31.2 Å². The van der Waals surface area contributed by atoms with E-state index in [1.165, 1.54) is 17.1 Å². The second kappa shape index (κ2) is 6.21. The number of rotatable bonds is 5. The van der Waals surface area contributed by atoms with Crippen molar-refractivity contribution in [2.24, 2.45) is 0 Å². The molecule has 5 heteroatoms. The van der Waals surface area contributed by atoms with Crippen LogP contribution in [0.5, 0.6) is 5.75 Å². The number of nitriles is 1. The molecule has 0 fully saturated rings. The lowest BCUT2D eigenvalue weighted by Gasteiger charge is -2.05. The molecule has 0 saturated carbocycles. The summed E-state index contributed by atoms with van der Waals surface area (Å²) in [5.74, 6) is 0.863. The number of aromatic nitrogens is 1. The maximum Gasteiger partial charge on any atom is 0.127 e. The predicted octanol–water partition coefficient (Wildman–Crippen LogP) is 2.99. The molecule has 1 heterocycles. The minimum Gasteiger partial charge on any atom is -0.497 e. The van der Waals surface area contributed by atoms with E-state index < -0.39 is 0 Å². The van der Waals surface area contributed by atoms with Gasteiger partial charge in [0.15, 0.2) is 0 Å². The van der Waals surface area contributed by atoms with Crippen LogP contribution in [0.4, 0.5) is 5.00 Å². The summed E-state index contributed by atoms with van der Waals surface area (Å²) < 4.78 is 9.29. The van der Waals surface area contributed by atoms with Gasteiger partial charge in [-0.05, 0) is 42.6 Å². The highest BCUT2D eigenvalue weighted by molar-refractivity contribution is 7.10. The van der Waals surface area contributed by atoms with Crippen molar-refractivity contribution in [1.82, 2.24) is 4.37 Å². The van der Waals surface area contributed by atoms with Gasteiger partial charge in [-0.2, -0.15) is 9.64 Å². The molecule has 2 aromatic rings. The van der Waals surface area contributed by atoms with Crippen molar-refractivity contribution in [3.05, 3.63) is 41.1 Å². The molecule has 1 aromatic carbocycles. The predicted molar refractivity (Wildman–Crippen MR) is 76.8 cm³/mol. The summed E-state index contributed by atoms with van der Waals surface area (Å²) in [6.07, 6.45) is 0.895. The highest BCUT2D eigenvalue weighted by atomic mass is 32.1. The number of hydrogen-bond acceptors (Lipinski definition) is 5. The van der Waals surface area contributed by atoms with Gasteiger partial charge < -0.3 is 10.1 Å². The standard InChI is InChI=1S/C14H15N3OS/c1-10-13(9-15)14(19-17-10)16-8-7-11-3-5-12(18-2)6-4-11/h3-6,16H,7-8H2,1-2H3. The molecule has 0 aliphatic carbocycles. The van der Waals surface area contributed by atoms with E-state index in [0.29, 0.717) is 5.56 Å². The Kier molecular flexibility index (Phi) is 4.37.